The van der Waals surface area contributed by atoms with Crippen LogP contribution in [0.3, 0.4) is 0 Å². The molecule has 0 spiro atoms. The number of anilines is 1. The van der Waals surface area contributed by atoms with Gasteiger partial charge >= 0.3 is 0 Å². The average Bonchev–Trinajstić information content (AvgIpc) is 3.44. The van der Waals surface area contributed by atoms with Crippen LogP contribution in [0.25, 0.3) is 32.4 Å². The van der Waals surface area contributed by atoms with Crippen molar-refractivity contribution in [1.82, 2.24) is 19.5 Å². The third kappa shape index (κ3) is 4.10. The number of fused-ring (bicyclic) bond motifs is 2. The molecule has 0 saturated heterocycles. The van der Waals surface area contributed by atoms with Gasteiger partial charge in [-0.15, -0.1) is 0 Å². The number of aromatic nitrogens is 4. The summed E-state index contributed by atoms with van der Waals surface area (Å²) in [7, 11) is 0. The van der Waals surface area contributed by atoms with E-state index in [2.05, 4.69) is 62.3 Å². The molecule has 1 aliphatic carbocycles. The third-order valence-corrected chi connectivity index (χ3v) is 7.41. The SMILES string of the molecule is O[C@@H]1CCCC[C@H]1Nc1nc2ccc(Cn3cnc4cc(-c5cccnc5)ccc43)cc2s1. The zero-order valence-corrected chi connectivity index (χ0v) is 19.0. The minimum atomic E-state index is -0.283. The highest BCUT2D eigenvalue weighted by atomic mass is 32.1. The van der Waals surface area contributed by atoms with Gasteiger partial charge in [-0.05, 0) is 54.3 Å². The number of aliphatic hydroxyl groups is 1. The molecule has 2 N–H and O–H groups in total. The monoisotopic (exact) mass is 455 g/mol. The molecule has 0 amide bonds. The molecule has 1 aliphatic rings. The fourth-order valence-corrected chi connectivity index (χ4v) is 5.66. The van der Waals surface area contributed by atoms with Gasteiger partial charge in [-0.3, -0.25) is 4.98 Å². The van der Waals surface area contributed by atoms with E-state index in [0.29, 0.717) is 0 Å². The van der Waals surface area contributed by atoms with Crippen LogP contribution < -0.4 is 5.32 Å². The topological polar surface area (TPSA) is 75.9 Å². The van der Waals surface area contributed by atoms with Crippen molar-refractivity contribution in [3.05, 3.63) is 72.8 Å². The summed E-state index contributed by atoms with van der Waals surface area (Å²) in [6, 6.07) is 16.9. The predicted molar refractivity (Wildman–Crippen MR) is 134 cm³/mol. The zero-order valence-electron chi connectivity index (χ0n) is 18.2. The Bertz CT molecular complexity index is 1410. The van der Waals surface area contributed by atoms with Crippen LogP contribution in [-0.4, -0.2) is 36.8 Å². The fourth-order valence-electron chi connectivity index (χ4n) is 4.67. The van der Waals surface area contributed by atoms with E-state index in [1.165, 1.54) is 5.56 Å². The van der Waals surface area contributed by atoms with Crippen molar-refractivity contribution < 1.29 is 5.11 Å². The number of pyridine rings is 1. The molecule has 0 aliphatic heterocycles. The number of rotatable bonds is 5. The van der Waals surface area contributed by atoms with Crippen LogP contribution in [0.2, 0.25) is 0 Å². The quantitative estimate of drug-likeness (QED) is 0.367. The lowest BCUT2D eigenvalue weighted by Crippen LogP contribution is -2.36. The third-order valence-electron chi connectivity index (χ3n) is 6.46. The number of imidazole rings is 1. The van der Waals surface area contributed by atoms with E-state index in [9.17, 15) is 5.11 Å². The van der Waals surface area contributed by atoms with E-state index >= 15 is 0 Å². The largest absolute Gasteiger partial charge is 0.391 e. The van der Waals surface area contributed by atoms with Crippen molar-refractivity contribution in [2.45, 2.75) is 44.4 Å². The first kappa shape index (κ1) is 20.3. The van der Waals surface area contributed by atoms with Gasteiger partial charge in [0.25, 0.3) is 0 Å². The molecule has 0 radical (unpaired) electrons. The van der Waals surface area contributed by atoms with Gasteiger partial charge in [-0.2, -0.15) is 0 Å². The van der Waals surface area contributed by atoms with Crippen molar-refractivity contribution in [2.75, 3.05) is 5.32 Å². The van der Waals surface area contributed by atoms with Crippen LogP contribution in [-0.2, 0) is 6.54 Å². The highest BCUT2D eigenvalue weighted by Gasteiger charge is 2.23. The summed E-state index contributed by atoms with van der Waals surface area (Å²) in [6.45, 7) is 0.751. The van der Waals surface area contributed by atoms with E-state index in [1.54, 1.807) is 17.5 Å². The first-order chi connectivity index (χ1) is 16.2. The van der Waals surface area contributed by atoms with Crippen molar-refractivity contribution in [3.63, 3.8) is 0 Å². The van der Waals surface area contributed by atoms with E-state index in [1.807, 2.05) is 18.6 Å². The fraction of sp³-hybridized carbons (Fsp3) is 0.269. The number of hydrogen-bond acceptors (Lipinski definition) is 6. The summed E-state index contributed by atoms with van der Waals surface area (Å²) in [4.78, 5) is 13.6. The van der Waals surface area contributed by atoms with Gasteiger partial charge in [0.1, 0.15) is 0 Å². The van der Waals surface area contributed by atoms with Gasteiger partial charge in [0.15, 0.2) is 5.13 Å². The van der Waals surface area contributed by atoms with Crippen LogP contribution in [0, 0.1) is 0 Å². The minimum Gasteiger partial charge on any atom is -0.391 e. The molecule has 6 nitrogen and oxygen atoms in total. The van der Waals surface area contributed by atoms with E-state index in [4.69, 9.17) is 4.98 Å². The van der Waals surface area contributed by atoms with Crippen molar-refractivity contribution in [1.29, 1.82) is 0 Å². The molecule has 0 bridgehead atoms. The lowest BCUT2D eigenvalue weighted by atomic mass is 9.93. The summed E-state index contributed by atoms with van der Waals surface area (Å²) in [6.07, 6.45) is 9.42. The molecule has 166 valence electrons. The van der Waals surface area contributed by atoms with Gasteiger partial charge in [0.2, 0.25) is 0 Å². The highest BCUT2D eigenvalue weighted by Crippen LogP contribution is 2.30. The van der Waals surface area contributed by atoms with Gasteiger partial charge in [-0.1, -0.05) is 42.4 Å². The Labute approximate surface area is 196 Å². The van der Waals surface area contributed by atoms with Crippen LogP contribution >= 0.6 is 11.3 Å². The van der Waals surface area contributed by atoms with Gasteiger partial charge in [-0.25, -0.2) is 9.97 Å². The highest BCUT2D eigenvalue weighted by molar-refractivity contribution is 7.22. The van der Waals surface area contributed by atoms with Gasteiger partial charge in [0.05, 0.1) is 39.7 Å². The molecular weight excluding hydrogens is 430 g/mol. The standard InChI is InChI=1S/C26H25N5OS/c32-24-6-2-1-5-20(24)29-26-30-21-9-7-17(12-25(21)33-26)15-31-16-28-22-13-18(8-10-23(22)31)19-4-3-11-27-14-19/h3-4,7-14,16,20,24,32H,1-2,5-6,15H2,(H,29,30)/t20-,24-/m1/s1. The van der Waals surface area contributed by atoms with Crippen LogP contribution in [0.5, 0.6) is 0 Å². The Balaban J connectivity index is 1.23. The second-order valence-corrected chi connectivity index (χ2v) is 9.77. The molecule has 0 unspecified atom stereocenters. The molecule has 7 heteroatoms. The van der Waals surface area contributed by atoms with Gasteiger partial charge in [0, 0.05) is 24.5 Å². The van der Waals surface area contributed by atoms with Crippen LogP contribution in [0.4, 0.5) is 5.13 Å². The van der Waals surface area contributed by atoms with Crippen molar-refractivity contribution >= 4 is 37.7 Å². The number of nitrogens with zero attached hydrogens (tertiary/aromatic N) is 4. The second kappa shape index (κ2) is 8.57. The Morgan fingerprint density at radius 3 is 2.85 bits per heavy atom. The van der Waals surface area contributed by atoms with Crippen LogP contribution in [0.15, 0.2) is 67.3 Å². The molecule has 3 aromatic heterocycles. The second-order valence-electron chi connectivity index (χ2n) is 8.74. The maximum absolute atomic E-state index is 10.3. The molecule has 6 rings (SSSR count). The normalized spacial score (nSPS) is 18.7. The summed E-state index contributed by atoms with van der Waals surface area (Å²) >= 11 is 1.66. The number of thiazole rings is 1. The average molecular weight is 456 g/mol. The predicted octanol–water partition coefficient (Wildman–Crippen LogP) is 5.47. The first-order valence-electron chi connectivity index (χ1n) is 11.4. The van der Waals surface area contributed by atoms with E-state index in [-0.39, 0.29) is 12.1 Å². The molecule has 33 heavy (non-hydrogen) atoms. The summed E-state index contributed by atoms with van der Waals surface area (Å²) in [5.41, 5.74) is 6.51. The first-order valence-corrected chi connectivity index (χ1v) is 12.2. The Kier molecular flexibility index (Phi) is 5.28. The lowest BCUT2D eigenvalue weighted by molar-refractivity contribution is 0.116. The molecule has 5 aromatic rings. The number of aliphatic hydroxyl groups excluding tert-OH is 1. The zero-order chi connectivity index (χ0) is 22.2. The lowest BCUT2D eigenvalue weighted by Gasteiger charge is -2.27. The Morgan fingerprint density at radius 1 is 1.03 bits per heavy atom. The van der Waals surface area contributed by atoms with E-state index < -0.39 is 0 Å². The minimum absolute atomic E-state index is 0.104. The van der Waals surface area contributed by atoms with Gasteiger partial charge < -0.3 is 15.0 Å². The number of hydrogen-bond donors (Lipinski definition) is 2. The summed E-state index contributed by atoms with van der Waals surface area (Å²) in [5.74, 6) is 0. The van der Waals surface area contributed by atoms with Crippen LogP contribution in [0.1, 0.15) is 31.2 Å². The smallest absolute Gasteiger partial charge is 0.184 e. The summed E-state index contributed by atoms with van der Waals surface area (Å²) < 4.78 is 3.34. The maximum Gasteiger partial charge on any atom is 0.184 e. The molecule has 2 atom stereocenters. The van der Waals surface area contributed by atoms with E-state index in [0.717, 1.165) is 69.7 Å². The van der Waals surface area contributed by atoms with Crippen molar-refractivity contribution in [3.8, 4) is 11.1 Å². The number of benzene rings is 2. The maximum atomic E-state index is 10.3. The summed E-state index contributed by atoms with van der Waals surface area (Å²) in [5, 5.41) is 14.6. The molecule has 2 aromatic carbocycles. The molecule has 1 saturated carbocycles. The Hall–Kier alpha value is -3.29. The van der Waals surface area contributed by atoms with Crippen molar-refractivity contribution in [2.24, 2.45) is 0 Å². The molecule has 3 heterocycles. The molecule has 1 fully saturated rings. The number of nitrogens with one attached hydrogen (secondary N) is 1. The Morgan fingerprint density at radius 2 is 1.97 bits per heavy atom. The molecular formula is C26H25N5OS.